The number of rotatable bonds is 7. The van der Waals surface area contributed by atoms with Crippen molar-refractivity contribution < 1.29 is 33.8 Å². The van der Waals surface area contributed by atoms with Crippen LogP contribution in [0.3, 0.4) is 0 Å². The minimum absolute atomic E-state index is 0.0974. The first-order valence-corrected chi connectivity index (χ1v) is 17.4. The minimum Gasteiger partial charge on any atom is -0.508 e. The highest BCUT2D eigenvalue weighted by molar-refractivity contribution is 6.32. The van der Waals surface area contributed by atoms with Crippen molar-refractivity contribution in [1.29, 1.82) is 0 Å². The van der Waals surface area contributed by atoms with Crippen LogP contribution in [0.15, 0.2) is 121 Å². The summed E-state index contributed by atoms with van der Waals surface area (Å²) in [6.45, 7) is 3.81. The molecule has 1 heterocycles. The summed E-state index contributed by atoms with van der Waals surface area (Å²) in [5.41, 5.74) is 2.69. The number of nitrogens with zero attached hydrogens (tertiary/aromatic N) is 1. The number of fused-ring (bicyclic) bond motifs is 4. The number of phenolic OH excluding ortho intramolecular Hbond substituents is 1. The van der Waals surface area contributed by atoms with E-state index in [-0.39, 0.29) is 53.5 Å². The van der Waals surface area contributed by atoms with Gasteiger partial charge in [0.05, 0.1) is 37.2 Å². The van der Waals surface area contributed by atoms with Gasteiger partial charge in [-0.2, -0.15) is 0 Å². The molecule has 52 heavy (non-hydrogen) atoms. The monoisotopic (exact) mass is 691 g/mol. The van der Waals surface area contributed by atoms with E-state index in [9.17, 15) is 14.7 Å². The van der Waals surface area contributed by atoms with Crippen molar-refractivity contribution in [1.82, 2.24) is 0 Å². The summed E-state index contributed by atoms with van der Waals surface area (Å²) in [6, 6.07) is 28.5. The number of hydrogen-bond acceptors (Lipinski definition) is 7. The molecular formula is C44H37NO7. The molecule has 8 rings (SSSR count). The Labute approximate surface area is 301 Å². The summed E-state index contributed by atoms with van der Waals surface area (Å²) in [4.78, 5) is 60.6. The lowest BCUT2D eigenvalue weighted by Gasteiger charge is -2.55. The number of allylic oxidation sites excluding steroid dienone is 4. The van der Waals surface area contributed by atoms with Gasteiger partial charge < -0.3 is 14.6 Å². The van der Waals surface area contributed by atoms with E-state index in [1.165, 1.54) is 37.3 Å². The maximum atomic E-state index is 15.3. The van der Waals surface area contributed by atoms with Crippen LogP contribution < -0.4 is 14.4 Å². The number of carbonyl (C=O) groups is 4. The summed E-state index contributed by atoms with van der Waals surface area (Å²) >= 11 is 0. The molecule has 1 saturated carbocycles. The Kier molecular flexibility index (Phi) is 8.05. The van der Waals surface area contributed by atoms with E-state index in [4.69, 9.17) is 9.47 Å². The number of ether oxygens (including phenoxy) is 2. The number of phenols is 1. The zero-order valence-electron chi connectivity index (χ0n) is 28.8. The second-order valence-electron chi connectivity index (χ2n) is 13.9. The molecule has 0 radical (unpaired) electrons. The van der Waals surface area contributed by atoms with E-state index in [0.717, 1.165) is 11.1 Å². The van der Waals surface area contributed by atoms with Gasteiger partial charge in [0, 0.05) is 35.1 Å². The van der Waals surface area contributed by atoms with Crippen molar-refractivity contribution in [2.45, 2.75) is 24.2 Å². The summed E-state index contributed by atoms with van der Waals surface area (Å²) in [5.74, 6) is -4.43. The molecule has 0 aromatic heterocycles. The molecule has 1 aliphatic heterocycles. The predicted molar refractivity (Wildman–Crippen MR) is 197 cm³/mol. The second-order valence-corrected chi connectivity index (χ2v) is 13.9. The Bertz CT molecular complexity index is 2180. The number of hydrogen-bond donors (Lipinski definition) is 1. The molecule has 0 spiro atoms. The van der Waals surface area contributed by atoms with Gasteiger partial charge in [0.25, 0.3) is 0 Å². The van der Waals surface area contributed by atoms with Gasteiger partial charge in [-0.25, -0.2) is 0 Å². The Morgan fingerprint density at radius 3 is 2.08 bits per heavy atom. The average Bonchev–Trinajstić information content (AvgIpc) is 3.44. The Morgan fingerprint density at radius 2 is 1.46 bits per heavy atom. The van der Waals surface area contributed by atoms with Gasteiger partial charge in [-0.05, 0) is 53.7 Å². The van der Waals surface area contributed by atoms with Crippen LogP contribution in [0.25, 0.3) is 11.6 Å². The van der Waals surface area contributed by atoms with Crippen LogP contribution in [0.2, 0.25) is 0 Å². The Hall–Kier alpha value is -6.02. The van der Waals surface area contributed by atoms with E-state index in [1.807, 2.05) is 78.9 Å². The molecule has 4 aromatic rings. The molecule has 2 amide bonds. The lowest BCUT2D eigenvalue weighted by Crippen LogP contribution is -2.59. The topological polar surface area (TPSA) is 110 Å². The highest BCUT2D eigenvalue weighted by Gasteiger charge is 2.66. The van der Waals surface area contributed by atoms with Gasteiger partial charge >= 0.3 is 0 Å². The molecule has 8 nitrogen and oxygen atoms in total. The van der Waals surface area contributed by atoms with E-state index in [2.05, 4.69) is 6.58 Å². The molecule has 1 saturated heterocycles. The molecular weight excluding hydrogens is 654 g/mol. The van der Waals surface area contributed by atoms with Gasteiger partial charge in [-0.1, -0.05) is 97.1 Å². The summed E-state index contributed by atoms with van der Waals surface area (Å²) in [5, 5.41) is 10.7. The van der Waals surface area contributed by atoms with Gasteiger partial charge in [-0.3, -0.25) is 24.1 Å². The highest BCUT2D eigenvalue weighted by Crippen LogP contribution is 2.65. The fraction of sp³-hybridized carbons (Fsp3) is 0.227. The lowest BCUT2D eigenvalue weighted by molar-refractivity contribution is -0.135. The van der Waals surface area contributed by atoms with Crippen LogP contribution in [-0.2, 0) is 24.6 Å². The van der Waals surface area contributed by atoms with Gasteiger partial charge in [0.2, 0.25) is 11.8 Å². The van der Waals surface area contributed by atoms with Crippen LogP contribution in [0, 0.1) is 23.7 Å². The first-order chi connectivity index (χ1) is 25.2. The van der Waals surface area contributed by atoms with Crippen molar-refractivity contribution in [3.63, 3.8) is 0 Å². The third-order valence-electron chi connectivity index (χ3n) is 11.6. The standard InChI is InChI=1S/C44H37NO7/c1-4-25-15-17-28(18-16-25)45-42(49)31-20-19-30-33(38(31)43(45)50)23-34-41(48)32(26-11-7-5-8-12-26)24-37(47)44(34,27-13-9-6-10-14-27)40(30)39-35(51-2)21-29(46)22-36(39)52-3/h4-19,21-22,24,31,33-34,38,40,46H,1,20,23H2,2-3H3. The van der Waals surface area contributed by atoms with Crippen LogP contribution in [-0.4, -0.2) is 42.7 Å². The van der Waals surface area contributed by atoms with Crippen molar-refractivity contribution in [2.75, 3.05) is 19.1 Å². The fourth-order valence-electron chi connectivity index (χ4n) is 9.41. The number of Topliss-reactive ketones (excluding diaryl/α,β-unsaturated/α-hetero) is 1. The minimum atomic E-state index is -1.48. The average molecular weight is 692 g/mol. The molecule has 2 fully saturated rings. The first-order valence-electron chi connectivity index (χ1n) is 17.4. The van der Waals surface area contributed by atoms with E-state index < -0.39 is 35.0 Å². The predicted octanol–water partition coefficient (Wildman–Crippen LogP) is 7.08. The van der Waals surface area contributed by atoms with Crippen LogP contribution in [0.5, 0.6) is 17.2 Å². The van der Waals surface area contributed by atoms with Crippen LogP contribution in [0.4, 0.5) is 5.69 Å². The Morgan fingerprint density at radius 1 is 0.827 bits per heavy atom. The molecule has 6 atom stereocenters. The van der Waals surface area contributed by atoms with Crippen molar-refractivity contribution in [3.05, 3.63) is 144 Å². The number of amides is 2. The van der Waals surface area contributed by atoms with Crippen molar-refractivity contribution >= 4 is 40.7 Å². The summed E-state index contributed by atoms with van der Waals surface area (Å²) < 4.78 is 11.8. The number of benzene rings is 4. The number of anilines is 1. The maximum Gasteiger partial charge on any atom is 0.238 e. The zero-order chi connectivity index (χ0) is 36.3. The van der Waals surface area contributed by atoms with E-state index in [1.54, 1.807) is 18.2 Å². The van der Waals surface area contributed by atoms with E-state index in [0.29, 0.717) is 28.0 Å². The molecule has 4 aliphatic rings. The van der Waals surface area contributed by atoms with E-state index >= 15 is 9.59 Å². The molecule has 8 heteroatoms. The largest absolute Gasteiger partial charge is 0.508 e. The summed E-state index contributed by atoms with van der Waals surface area (Å²) in [7, 11) is 2.96. The number of imide groups is 1. The molecule has 260 valence electrons. The molecule has 3 aliphatic carbocycles. The molecule has 6 unspecified atom stereocenters. The van der Waals surface area contributed by atoms with Crippen molar-refractivity contribution in [2.24, 2.45) is 23.7 Å². The fourth-order valence-corrected chi connectivity index (χ4v) is 9.41. The number of methoxy groups -OCH3 is 2. The number of aromatic hydroxyl groups is 1. The molecule has 1 N–H and O–H groups in total. The smallest absolute Gasteiger partial charge is 0.238 e. The normalized spacial score (nSPS) is 26.5. The van der Waals surface area contributed by atoms with Gasteiger partial charge in [-0.15, -0.1) is 0 Å². The third-order valence-corrected chi connectivity index (χ3v) is 11.6. The SMILES string of the molecule is C=Cc1ccc(N2C(=O)C3CC=C4C(CC5C(=O)C(c6ccccc6)=CC(=O)C5(c5ccccc5)C4c4c(OC)cc(O)cc4OC)C3C2=O)cc1. The number of carbonyl (C=O) groups excluding carboxylic acids is 4. The van der Waals surface area contributed by atoms with Crippen LogP contribution in [0.1, 0.15) is 41.0 Å². The quantitative estimate of drug-likeness (QED) is 0.163. The third kappa shape index (κ3) is 4.74. The maximum absolute atomic E-state index is 15.3. The number of ketones is 2. The zero-order valence-corrected chi connectivity index (χ0v) is 28.8. The summed E-state index contributed by atoms with van der Waals surface area (Å²) in [6.07, 6.45) is 5.59. The second kappa shape index (κ2) is 12.6. The van der Waals surface area contributed by atoms with Gasteiger partial charge in [0.15, 0.2) is 11.6 Å². The molecule has 4 aromatic carbocycles. The first kappa shape index (κ1) is 33.1. The lowest BCUT2D eigenvalue weighted by atomic mass is 9.44. The van der Waals surface area contributed by atoms with Crippen molar-refractivity contribution in [3.8, 4) is 17.2 Å². The van der Waals surface area contributed by atoms with Gasteiger partial charge in [0.1, 0.15) is 17.2 Å². The Balaban J connectivity index is 1.39. The molecule has 0 bridgehead atoms. The highest BCUT2D eigenvalue weighted by atomic mass is 16.5. The van der Waals surface area contributed by atoms with Crippen LogP contribution >= 0.6 is 0 Å².